The molecule has 1 N–H and O–H groups in total. The highest BCUT2D eigenvalue weighted by atomic mass is 16.3. The number of hydrogen-bond acceptors (Lipinski definition) is 3. The monoisotopic (exact) mass is 343 g/mol. The summed E-state index contributed by atoms with van der Waals surface area (Å²) in [6.45, 7) is 0.763. The van der Waals surface area contributed by atoms with Crippen molar-refractivity contribution in [3.63, 3.8) is 0 Å². The summed E-state index contributed by atoms with van der Waals surface area (Å²) in [5, 5.41) is 11.6. The van der Waals surface area contributed by atoms with Gasteiger partial charge in [0.1, 0.15) is 11.3 Å². The van der Waals surface area contributed by atoms with Crippen LogP contribution in [0.3, 0.4) is 0 Å². The quantitative estimate of drug-likeness (QED) is 0.530. The van der Waals surface area contributed by atoms with E-state index in [1.807, 2.05) is 60.9 Å². The highest BCUT2D eigenvalue weighted by molar-refractivity contribution is 5.82. The molecule has 1 atom stereocenters. The minimum absolute atomic E-state index is 0.111. The summed E-state index contributed by atoms with van der Waals surface area (Å²) in [4.78, 5) is 2.24. The number of para-hydroxylation sites is 2. The Morgan fingerprint density at radius 1 is 0.846 bits per heavy atom. The Kier molecular flexibility index (Phi) is 4.46. The maximum atomic E-state index is 10.5. The van der Waals surface area contributed by atoms with Gasteiger partial charge in [0.2, 0.25) is 0 Å². The number of phenols is 1. The summed E-state index contributed by atoms with van der Waals surface area (Å²) in [5.41, 5.74) is 4.01. The largest absolute Gasteiger partial charge is 0.508 e. The molecule has 0 aliphatic heterocycles. The Balaban J connectivity index is 1.81. The molecule has 3 heteroatoms. The van der Waals surface area contributed by atoms with Gasteiger partial charge in [0.05, 0.1) is 12.3 Å². The topological polar surface area (TPSA) is 36.6 Å². The van der Waals surface area contributed by atoms with Crippen LogP contribution in [-0.2, 0) is 6.54 Å². The van der Waals surface area contributed by atoms with Crippen molar-refractivity contribution in [3.8, 4) is 5.75 Å². The zero-order valence-electron chi connectivity index (χ0n) is 14.7. The summed E-state index contributed by atoms with van der Waals surface area (Å²) in [6, 6.07) is 25.8. The molecule has 3 nitrogen and oxygen atoms in total. The molecule has 0 saturated carbocycles. The molecule has 0 bridgehead atoms. The van der Waals surface area contributed by atoms with Gasteiger partial charge in [-0.05, 0) is 24.7 Å². The molecule has 4 rings (SSSR count). The van der Waals surface area contributed by atoms with Gasteiger partial charge in [0.15, 0.2) is 0 Å². The molecule has 1 heterocycles. The number of phenolic OH excluding ortho intramolecular Hbond substituents is 1. The fraction of sp³-hybridized carbons (Fsp3) is 0.130. The fourth-order valence-corrected chi connectivity index (χ4v) is 3.53. The third-order valence-corrected chi connectivity index (χ3v) is 4.75. The van der Waals surface area contributed by atoms with Crippen molar-refractivity contribution >= 4 is 11.0 Å². The molecular weight excluding hydrogens is 322 g/mol. The minimum Gasteiger partial charge on any atom is -0.508 e. The van der Waals surface area contributed by atoms with Crippen LogP contribution in [0.4, 0.5) is 0 Å². The second-order valence-corrected chi connectivity index (χ2v) is 6.55. The van der Waals surface area contributed by atoms with Gasteiger partial charge in [-0.3, -0.25) is 4.90 Å². The summed E-state index contributed by atoms with van der Waals surface area (Å²) in [7, 11) is 2.08. The van der Waals surface area contributed by atoms with Crippen LogP contribution in [0.15, 0.2) is 89.5 Å². The first-order chi connectivity index (χ1) is 12.7. The van der Waals surface area contributed by atoms with Crippen LogP contribution < -0.4 is 0 Å². The summed E-state index contributed by atoms with van der Waals surface area (Å²) < 4.78 is 5.78. The zero-order valence-corrected chi connectivity index (χ0v) is 14.7. The number of furan rings is 1. The molecule has 0 radical (unpaired) electrons. The third-order valence-electron chi connectivity index (χ3n) is 4.75. The Morgan fingerprint density at radius 3 is 2.35 bits per heavy atom. The Morgan fingerprint density at radius 2 is 1.54 bits per heavy atom. The molecule has 0 fully saturated rings. The molecule has 26 heavy (non-hydrogen) atoms. The third kappa shape index (κ3) is 3.09. The standard InChI is InChI=1S/C23H21NO2/c1-24(15-17-9-3-2-4-10-17)23(19-12-5-7-13-21(19)25)20-16-26-22-14-8-6-11-18(20)22/h2-14,16,23,25H,15H2,1H3. The van der Waals surface area contributed by atoms with Crippen molar-refractivity contribution in [3.05, 3.63) is 102 Å². The van der Waals surface area contributed by atoms with Crippen molar-refractivity contribution in [2.45, 2.75) is 12.6 Å². The maximum Gasteiger partial charge on any atom is 0.134 e. The van der Waals surface area contributed by atoms with E-state index in [1.165, 1.54) is 5.56 Å². The van der Waals surface area contributed by atoms with Gasteiger partial charge >= 0.3 is 0 Å². The van der Waals surface area contributed by atoms with Crippen LogP contribution in [0.2, 0.25) is 0 Å². The Hall–Kier alpha value is -3.04. The normalized spacial score (nSPS) is 12.5. The van der Waals surface area contributed by atoms with E-state index in [1.54, 1.807) is 6.07 Å². The van der Waals surface area contributed by atoms with E-state index in [-0.39, 0.29) is 6.04 Å². The zero-order chi connectivity index (χ0) is 17.9. The lowest BCUT2D eigenvalue weighted by atomic mass is 9.95. The van der Waals surface area contributed by atoms with Crippen LogP contribution >= 0.6 is 0 Å². The SMILES string of the molecule is CN(Cc1ccccc1)C(c1ccccc1O)c1coc2ccccc12. The van der Waals surface area contributed by atoms with Gasteiger partial charge in [0, 0.05) is 23.1 Å². The lowest BCUT2D eigenvalue weighted by molar-refractivity contribution is 0.265. The second-order valence-electron chi connectivity index (χ2n) is 6.55. The van der Waals surface area contributed by atoms with Gasteiger partial charge in [-0.1, -0.05) is 66.7 Å². The molecule has 130 valence electrons. The van der Waals surface area contributed by atoms with E-state index in [4.69, 9.17) is 4.42 Å². The van der Waals surface area contributed by atoms with E-state index in [0.29, 0.717) is 5.75 Å². The van der Waals surface area contributed by atoms with Crippen LogP contribution in [0.1, 0.15) is 22.7 Å². The average Bonchev–Trinajstić information content (AvgIpc) is 3.08. The molecular formula is C23H21NO2. The Labute approximate surface area is 153 Å². The average molecular weight is 343 g/mol. The van der Waals surface area contributed by atoms with Crippen molar-refractivity contribution in [1.29, 1.82) is 0 Å². The van der Waals surface area contributed by atoms with E-state index >= 15 is 0 Å². The first-order valence-electron chi connectivity index (χ1n) is 8.72. The van der Waals surface area contributed by atoms with Crippen molar-refractivity contribution < 1.29 is 9.52 Å². The van der Waals surface area contributed by atoms with Gasteiger partial charge < -0.3 is 9.52 Å². The van der Waals surface area contributed by atoms with Gasteiger partial charge in [0.25, 0.3) is 0 Å². The number of fused-ring (bicyclic) bond motifs is 1. The predicted octanol–water partition coefficient (Wildman–Crippen LogP) is 5.36. The molecule has 0 spiro atoms. The van der Waals surface area contributed by atoms with Gasteiger partial charge in [-0.15, -0.1) is 0 Å². The van der Waals surface area contributed by atoms with Crippen molar-refractivity contribution in [2.75, 3.05) is 7.05 Å². The maximum absolute atomic E-state index is 10.5. The van der Waals surface area contributed by atoms with Crippen LogP contribution in [0.5, 0.6) is 5.75 Å². The Bertz CT molecular complexity index is 1010. The molecule has 3 aromatic carbocycles. The number of aromatic hydroxyl groups is 1. The molecule has 0 saturated heterocycles. The predicted molar refractivity (Wildman–Crippen MR) is 104 cm³/mol. The number of hydrogen-bond donors (Lipinski definition) is 1. The molecule has 1 aromatic heterocycles. The summed E-state index contributed by atoms with van der Waals surface area (Å²) in [5.74, 6) is 0.294. The van der Waals surface area contributed by atoms with Crippen molar-refractivity contribution in [2.24, 2.45) is 0 Å². The van der Waals surface area contributed by atoms with Gasteiger partial charge in [-0.2, -0.15) is 0 Å². The first kappa shape index (κ1) is 16.4. The van der Waals surface area contributed by atoms with E-state index < -0.39 is 0 Å². The smallest absolute Gasteiger partial charge is 0.134 e. The molecule has 0 aliphatic rings. The number of nitrogens with zero attached hydrogens (tertiary/aromatic N) is 1. The van der Waals surface area contributed by atoms with Crippen LogP contribution in [0.25, 0.3) is 11.0 Å². The lowest BCUT2D eigenvalue weighted by Gasteiger charge is -2.28. The van der Waals surface area contributed by atoms with E-state index in [2.05, 4.69) is 30.1 Å². The van der Waals surface area contributed by atoms with Crippen LogP contribution in [-0.4, -0.2) is 17.1 Å². The molecule has 0 amide bonds. The van der Waals surface area contributed by atoms with Crippen molar-refractivity contribution in [1.82, 2.24) is 4.90 Å². The molecule has 1 unspecified atom stereocenters. The minimum atomic E-state index is -0.111. The summed E-state index contributed by atoms with van der Waals surface area (Å²) in [6.07, 6.45) is 1.81. The number of benzene rings is 3. The lowest BCUT2D eigenvalue weighted by Crippen LogP contribution is -2.25. The molecule has 4 aromatic rings. The first-order valence-corrected chi connectivity index (χ1v) is 8.72. The van der Waals surface area contributed by atoms with Gasteiger partial charge in [-0.25, -0.2) is 0 Å². The fourth-order valence-electron chi connectivity index (χ4n) is 3.53. The highest BCUT2D eigenvalue weighted by Crippen LogP contribution is 2.38. The summed E-state index contributed by atoms with van der Waals surface area (Å²) >= 11 is 0. The van der Waals surface area contributed by atoms with E-state index in [0.717, 1.165) is 28.6 Å². The second kappa shape index (κ2) is 7.06. The number of rotatable bonds is 5. The van der Waals surface area contributed by atoms with Crippen LogP contribution in [0, 0.1) is 0 Å². The highest BCUT2D eigenvalue weighted by Gasteiger charge is 2.25. The molecule has 0 aliphatic carbocycles. The van der Waals surface area contributed by atoms with E-state index in [9.17, 15) is 5.11 Å².